The smallest absolute Gasteiger partial charge is 0.324 e. The first-order valence-electron chi connectivity index (χ1n) is 15.4. The maximum atomic E-state index is 13.7. The molecule has 0 radical (unpaired) electrons. The normalized spacial score (nSPS) is 13.0. The highest BCUT2D eigenvalue weighted by molar-refractivity contribution is 7.53. The summed E-state index contributed by atoms with van der Waals surface area (Å²) in [6.45, 7) is 11.2. The van der Waals surface area contributed by atoms with Crippen molar-refractivity contribution < 1.29 is 14.4 Å². The molecule has 34 heavy (non-hydrogen) atoms. The summed E-state index contributed by atoms with van der Waals surface area (Å²) in [5.74, 6) is 0. The second-order valence-corrected chi connectivity index (χ2v) is 13.1. The molecule has 0 aromatic rings. The SMILES string of the molecule is CCCCCCC(CCCC)(CCCCCC)C(CCCCCC)(CCCCCC)P(=O)(O)O. The van der Waals surface area contributed by atoms with E-state index in [-0.39, 0.29) is 5.41 Å². The fraction of sp³-hybridized carbons (Fsp3) is 1.00. The Hall–Kier alpha value is 0.150. The minimum Gasteiger partial charge on any atom is -0.324 e. The third kappa shape index (κ3) is 11.9. The molecule has 0 aromatic heterocycles. The molecule has 0 aromatic carbocycles. The largest absolute Gasteiger partial charge is 0.332 e. The Morgan fingerprint density at radius 2 is 0.735 bits per heavy atom. The monoisotopic (exact) mass is 502 g/mol. The lowest BCUT2D eigenvalue weighted by atomic mass is 9.62. The van der Waals surface area contributed by atoms with Crippen LogP contribution < -0.4 is 0 Å². The molecule has 0 unspecified atom stereocenters. The van der Waals surface area contributed by atoms with Crippen LogP contribution in [0.5, 0.6) is 0 Å². The molecule has 0 atom stereocenters. The van der Waals surface area contributed by atoms with E-state index in [4.69, 9.17) is 0 Å². The van der Waals surface area contributed by atoms with E-state index in [1.54, 1.807) is 0 Å². The molecule has 206 valence electrons. The van der Waals surface area contributed by atoms with Gasteiger partial charge >= 0.3 is 7.60 Å². The van der Waals surface area contributed by atoms with E-state index in [1.807, 2.05) is 0 Å². The fourth-order valence-electron chi connectivity index (χ4n) is 6.31. The molecule has 0 saturated heterocycles. The van der Waals surface area contributed by atoms with Crippen molar-refractivity contribution >= 4 is 7.60 Å². The molecule has 0 saturated carbocycles. The lowest BCUT2D eigenvalue weighted by molar-refractivity contribution is 0.0819. The van der Waals surface area contributed by atoms with E-state index >= 15 is 0 Å². The molecule has 0 spiro atoms. The van der Waals surface area contributed by atoms with Gasteiger partial charge in [0.2, 0.25) is 0 Å². The third-order valence-corrected chi connectivity index (χ3v) is 10.5. The van der Waals surface area contributed by atoms with Crippen LogP contribution in [0.25, 0.3) is 0 Å². The van der Waals surface area contributed by atoms with Gasteiger partial charge in [0.1, 0.15) is 0 Å². The van der Waals surface area contributed by atoms with Crippen LogP contribution in [-0.2, 0) is 4.57 Å². The van der Waals surface area contributed by atoms with Crippen LogP contribution in [-0.4, -0.2) is 14.9 Å². The average molecular weight is 503 g/mol. The molecule has 0 aliphatic rings. The minimum atomic E-state index is -4.28. The summed E-state index contributed by atoms with van der Waals surface area (Å²) in [6.07, 6.45) is 24.9. The average Bonchev–Trinajstić information content (AvgIpc) is 2.81. The van der Waals surface area contributed by atoms with Crippen LogP contribution >= 0.6 is 7.60 Å². The molecule has 0 heterocycles. The van der Waals surface area contributed by atoms with Crippen molar-refractivity contribution in [1.29, 1.82) is 0 Å². The highest BCUT2D eigenvalue weighted by Crippen LogP contribution is 2.68. The minimum absolute atomic E-state index is 0.220. The van der Waals surface area contributed by atoms with Crippen molar-refractivity contribution in [3.63, 3.8) is 0 Å². The Bertz CT molecular complexity index is 475. The van der Waals surface area contributed by atoms with Gasteiger partial charge in [-0.05, 0) is 37.5 Å². The van der Waals surface area contributed by atoms with E-state index in [9.17, 15) is 14.4 Å². The third-order valence-electron chi connectivity index (χ3n) is 8.46. The Kier molecular flexibility index (Phi) is 20.3. The first-order valence-corrected chi connectivity index (χ1v) is 17.0. The molecule has 0 fully saturated rings. The highest BCUT2D eigenvalue weighted by Gasteiger charge is 2.58. The molecule has 0 amide bonds. The summed E-state index contributed by atoms with van der Waals surface area (Å²) < 4.78 is 13.7. The van der Waals surface area contributed by atoms with Crippen LogP contribution in [0.4, 0.5) is 0 Å². The molecule has 0 rings (SSSR count). The van der Waals surface area contributed by atoms with Crippen molar-refractivity contribution in [1.82, 2.24) is 0 Å². The van der Waals surface area contributed by atoms with Crippen molar-refractivity contribution in [3.05, 3.63) is 0 Å². The van der Waals surface area contributed by atoms with Crippen molar-refractivity contribution in [3.8, 4) is 0 Å². The Morgan fingerprint density at radius 1 is 0.441 bits per heavy atom. The van der Waals surface area contributed by atoms with E-state index in [1.165, 1.54) is 51.4 Å². The van der Waals surface area contributed by atoms with Gasteiger partial charge in [-0.25, -0.2) is 0 Å². The fourth-order valence-corrected chi connectivity index (χ4v) is 8.16. The second kappa shape index (κ2) is 20.2. The summed E-state index contributed by atoms with van der Waals surface area (Å²) in [4.78, 5) is 22.4. The van der Waals surface area contributed by atoms with E-state index in [0.29, 0.717) is 12.8 Å². The number of unbranched alkanes of at least 4 members (excludes halogenated alkanes) is 13. The summed E-state index contributed by atoms with van der Waals surface area (Å²) >= 11 is 0. The van der Waals surface area contributed by atoms with E-state index in [2.05, 4.69) is 34.6 Å². The molecule has 0 aliphatic carbocycles. The predicted molar refractivity (Wildman–Crippen MR) is 152 cm³/mol. The Balaban J connectivity index is 6.34. The Labute approximate surface area is 214 Å². The zero-order valence-electron chi connectivity index (χ0n) is 24.0. The summed E-state index contributed by atoms with van der Waals surface area (Å²) in [5, 5.41) is -0.838. The van der Waals surface area contributed by atoms with Gasteiger partial charge in [-0.3, -0.25) is 4.57 Å². The van der Waals surface area contributed by atoms with Gasteiger partial charge in [0, 0.05) is 0 Å². The van der Waals surface area contributed by atoms with E-state index < -0.39 is 12.8 Å². The molecule has 0 aliphatic heterocycles. The number of hydrogen-bond donors (Lipinski definition) is 2. The molecular formula is C30H63O3P. The predicted octanol–water partition coefficient (Wildman–Crippen LogP) is 11.0. The lowest BCUT2D eigenvalue weighted by Gasteiger charge is -2.52. The second-order valence-electron chi connectivity index (χ2n) is 11.2. The zero-order chi connectivity index (χ0) is 25.8. The van der Waals surface area contributed by atoms with Crippen LogP contribution in [0.1, 0.15) is 182 Å². The van der Waals surface area contributed by atoms with Crippen molar-refractivity contribution in [2.75, 3.05) is 0 Å². The van der Waals surface area contributed by atoms with Crippen LogP contribution in [0, 0.1) is 5.41 Å². The molecule has 2 N–H and O–H groups in total. The quantitative estimate of drug-likeness (QED) is 0.0963. The standard InChI is InChI=1S/C30H63O3P/c1-6-11-16-20-25-29(24-15-10-5,26-21-17-12-7-2)30(34(31,32)33,27-22-18-13-8-3)28-23-19-14-9-4/h6-28H2,1-5H3,(H2,31,32,33). The maximum Gasteiger partial charge on any atom is 0.332 e. The van der Waals surface area contributed by atoms with E-state index in [0.717, 1.165) is 83.5 Å². The first-order chi connectivity index (χ1) is 16.3. The molecule has 3 nitrogen and oxygen atoms in total. The lowest BCUT2D eigenvalue weighted by Crippen LogP contribution is -2.48. The van der Waals surface area contributed by atoms with Gasteiger partial charge in [0.15, 0.2) is 0 Å². The van der Waals surface area contributed by atoms with Crippen molar-refractivity contribution in [2.45, 2.75) is 187 Å². The highest BCUT2D eigenvalue weighted by atomic mass is 31.2. The van der Waals surface area contributed by atoms with Crippen LogP contribution in [0.3, 0.4) is 0 Å². The van der Waals surface area contributed by atoms with Gasteiger partial charge in [-0.2, -0.15) is 0 Å². The van der Waals surface area contributed by atoms with Gasteiger partial charge in [-0.15, -0.1) is 0 Å². The van der Waals surface area contributed by atoms with Gasteiger partial charge in [0.05, 0.1) is 5.16 Å². The van der Waals surface area contributed by atoms with Crippen LogP contribution in [0.15, 0.2) is 0 Å². The summed E-state index contributed by atoms with van der Waals surface area (Å²) in [7, 11) is -4.28. The number of hydrogen-bond acceptors (Lipinski definition) is 1. The van der Waals surface area contributed by atoms with Gasteiger partial charge in [-0.1, -0.05) is 150 Å². The zero-order valence-corrected chi connectivity index (χ0v) is 24.9. The Morgan fingerprint density at radius 3 is 1.03 bits per heavy atom. The summed E-state index contributed by atoms with van der Waals surface area (Å²) in [5.41, 5.74) is -0.220. The maximum absolute atomic E-state index is 13.7. The molecular weight excluding hydrogens is 439 g/mol. The topological polar surface area (TPSA) is 57.5 Å². The van der Waals surface area contributed by atoms with Gasteiger partial charge < -0.3 is 9.79 Å². The number of rotatable bonds is 25. The van der Waals surface area contributed by atoms with Crippen LogP contribution in [0.2, 0.25) is 0 Å². The van der Waals surface area contributed by atoms with Crippen molar-refractivity contribution in [2.24, 2.45) is 5.41 Å². The molecule has 0 bridgehead atoms. The van der Waals surface area contributed by atoms with Gasteiger partial charge in [0.25, 0.3) is 0 Å². The molecule has 4 heteroatoms. The summed E-state index contributed by atoms with van der Waals surface area (Å²) in [6, 6.07) is 0. The first kappa shape index (κ1) is 34.1.